The van der Waals surface area contributed by atoms with E-state index in [-0.39, 0.29) is 0 Å². The Morgan fingerprint density at radius 1 is 0.870 bits per heavy atom. The van der Waals surface area contributed by atoms with Crippen LogP contribution < -0.4 is 0 Å². The quantitative estimate of drug-likeness (QED) is 0.466. The molecule has 5 rings (SSSR count). The number of hydrogen-bond acceptors (Lipinski definition) is 3. The monoisotopic (exact) mass is 315 g/mol. The first-order valence-electron chi connectivity index (χ1n) is 7.56. The maximum absolute atomic E-state index is 4.31. The molecule has 0 bridgehead atoms. The second-order valence-corrected chi connectivity index (χ2v) is 6.54. The molecule has 0 unspecified atom stereocenters. The van der Waals surface area contributed by atoms with E-state index in [9.17, 15) is 0 Å². The average Bonchev–Trinajstić information content (AvgIpc) is 3.20. The number of nitrogens with zero attached hydrogens (tertiary/aromatic N) is 3. The fourth-order valence-corrected chi connectivity index (χ4v) is 4.23. The fraction of sp³-hybridized carbons (Fsp3) is 0.0526. The highest BCUT2D eigenvalue weighted by Gasteiger charge is 2.10. The summed E-state index contributed by atoms with van der Waals surface area (Å²) in [5.74, 6) is 0. The van der Waals surface area contributed by atoms with E-state index in [0.717, 1.165) is 17.6 Å². The van der Waals surface area contributed by atoms with Gasteiger partial charge in [0.15, 0.2) is 0 Å². The highest BCUT2D eigenvalue weighted by molar-refractivity contribution is 7.18. The number of thiophene rings is 1. The van der Waals surface area contributed by atoms with Crippen molar-refractivity contribution in [1.82, 2.24) is 15.0 Å². The topological polar surface area (TPSA) is 30.7 Å². The van der Waals surface area contributed by atoms with Crippen LogP contribution in [0.5, 0.6) is 0 Å². The maximum atomic E-state index is 4.31. The molecule has 0 aliphatic heterocycles. The van der Waals surface area contributed by atoms with Crippen LogP contribution in [-0.2, 0) is 6.54 Å². The summed E-state index contributed by atoms with van der Waals surface area (Å²) in [6, 6.07) is 21.1. The molecule has 110 valence electrons. The first-order chi connectivity index (χ1) is 11.4. The Bertz CT molecular complexity index is 1150. The Labute approximate surface area is 136 Å². The standard InChI is InChI=1S/C19H13N3S/c1-2-6-15-13(5-1)9-10-16-14(12-23-19(15)16)11-22-18-8-4-3-7-17(18)20-21-22/h1-10,12H,11H2. The molecule has 2 heterocycles. The van der Waals surface area contributed by atoms with Gasteiger partial charge < -0.3 is 0 Å². The molecule has 3 nitrogen and oxygen atoms in total. The van der Waals surface area contributed by atoms with Crippen molar-refractivity contribution in [3.8, 4) is 0 Å². The highest BCUT2D eigenvalue weighted by Crippen LogP contribution is 2.33. The van der Waals surface area contributed by atoms with Crippen LogP contribution in [0, 0.1) is 0 Å². The average molecular weight is 315 g/mol. The van der Waals surface area contributed by atoms with E-state index in [2.05, 4.69) is 58.2 Å². The second kappa shape index (κ2) is 4.89. The van der Waals surface area contributed by atoms with E-state index < -0.39 is 0 Å². The van der Waals surface area contributed by atoms with Crippen LogP contribution in [-0.4, -0.2) is 15.0 Å². The summed E-state index contributed by atoms with van der Waals surface area (Å²) in [5, 5.41) is 14.7. The van der Waals surface area contributed by atoms with Crippen molar-refractivity contribution in [2.45, 2.75) is 6.54 Å². The normalized spacial score (nSPS) is 11.7. The third kappa shape index (κ3) is 1.95. The minimum atomic E-state index is 0.749. The fourth-order valence-electron chi connectivity index (χ4n) is 3.13. The lowest BCUT2D eigenvalue weighted by atomic mass is 10.1. The van der Waals surface area contributed by atoms with E-state index >= 15 is 0 Å². The molecule has 0 fully saturated rings. The van der Waals surface area contributed by atoms with E-state index in [1.807, 2.05) is 34.2 Å². The number of rotatable bonds is 2. The lowest BCUT2D eigenvalue weighted by molar-refractivity contribution is 0.673. The molecule has 0 atom stereocenters. The van der Waals surface area contributed by atoms with Gasteiger partial charge in [0.2, 0.25) is 0 Å². The third-order valence-corrected chi connectivity index (χ3v) is 5.36. The van der Waals surface area contributed by atoms with Crippen molar-refractivity contribution in [2.24, 2.45) is 0 Å². The Hall–Kier alpha value is -2.72. The Kier molecular flexibility index (Phi) is 2.72. The largest absolute Gasteiger partial charge is 0.240 e. The van der Waals surface area contributed by atoms with Gasteiger partial charge in [-0.15, -0.1) is 16.4 Å². The molecular formula is C19H13N3S. The summed E-state index contributed by atoms with van der Waals surface area (Å²) < 4.78 is 3.33. The van der Waals surface area contributed by atoms with Gasteiger partial charge >= 0.3 is 0 Å². The number of fused-ring (bicyclic) bond motifs is 4. The number of para-hydroxylation sites is 1. The van der Waals surface area contributed by atoms with Crippen molar-refractivity contribution in [1.29, 1.82) is 0 Å². The van der Waals surface area contributed by atoms with Gasteiger partial charge in [0.1, 0.15) is 5.52 Å². The SMILES string of the molecule is c1ccc2c(c1)ccc1c(Cn3nnc4ccccc43)csc12. The molecule has 0 saturated heterocycles. The number of benzene rings is 3. The van der Waals surface area contributed by atoms with Crippen molar-refractivity contribution < 1.29 is 0 Å². The lowest BCUT2D eigenvalue weighted by Gasteiger charge is -2.03. The van der Waals surface area contributed by atoms with Gasteiger partial charge in [-0.25, -0.2) is 4.68 Å². The molecule has 3 aromatic carbocycles. The minimum absolute atomic E-state index is 0.749. The van der Waals surface area contributed by atoms with Crippen molar-refractivity contribution >= 4 is 43.2 Å². The van der Waals surface area contributed by atoms with Gasteiger partial charge in [-0.3, -0.25) is 0 Å². The summed E-state index contributed by atoms with van der Waals surface area (Å²) >= 11 is 1.81. The van der Waals surface area contributed by atoms with Gasteiger partial charge in [-0.05, 0) is 39.2 Å². The van der Waals surface area contributed by atoms with Gasteiger partial charge in [0.05, 0.1) is 12.1 Å². The van der Waals surface area contributed by atoms with Gasteiger partial charge in [-0.1, -0.05) is 53.7 Å². The molecule has 0 aliphatic carbocycles. The predicted octanol–water partition coefficient (Wildman–Crippen LogP) is 4.85. The Morgan fingerprint density at radius 3 is 2.74 bits per heavy atom. The van der Waals surface area contributed by atoms with Crippen LogP contribution in [0.3, 0.4) is 0 Å². The van der Waals surface area contributed by atoms with Crippen LogP contribution >= 0.6 is 11.3 Å². The molecule has 4 heteroatoms. The van der Waals surface area contributed by atoms with Crippen LogP contribution in [0.15, 0.2) is 66.0 Å². The van der Waals surface area contributed by atoms with Crippen molar-refractivity contribution in [3.05, 3.63) is 71.6 Å². The summed E-state index contributed by atoms with van der Waals surface area (Å²) in [7, 11) is 0. The zero-order valence-corrected chi connectivity index (χ0v) is 13.1. The minimum Gasteiger partial charge on any atom is -0.240 e. The zero-order chi connectivity index (χ0) is 15.2. The molecule has 0 saturated carbocycles. The molecule has 0 amide bonds. The Morgan fingerprint density at radius 2 is 1.74 bits per heavy atom. The van der Waals surface area contributed by atoms with Crippen LogP contribution in [0.1, 0.15) is 5.56 Å². The molecular weight excluding hydrogens is 302 g/mol. The summed E-state index contributed by atoms with van der Waals surface area (Å²) in [4.78, 5) is 0. The lowest BCUT2D eigenvalue weighted by Crippen LogP contribution is -2.01. The van der Waals surface area contributed by atoms with Gasteiger partial charge in [-0.2, -0.15) is 0 Å². The van der Waals surface area contributed by atoms with E-state index in [0.29, 0.717) is 0 Å². The first-order valence-corrected chi connectivity index (χ1v) is 8.44. The molecule has 0 spiro atoms. The van der Waals surface area contributed by atoms with Crippen molar-refractivity contribution in [2.75, 3.05) is 0 Å². The first kappa shape index (κ1) is 12.8. The summed E-state index contributed by atoms with van der Waals surface area (Å²) in [6.07, 6.45) is 0. The molecule has 5 aromatic rings. The van der Waals surface area contributed by atoms with Crippen molar-refractivity contribution in [3.63, 3.8) is 0 Å². The predicted molar refractivity (Wildman–Crippen MR) is 96.0 cm³/mol. The number of hydrogen-bond donors (Lipinski definition) is 0. The molecule has 0 aliphatic rings. The van der Waals surface area contributed by atoms with E-state index in [1.54, 1.807) is 0 Å². The summed E-state index contributed by atoms with van der Waals surface area (Å²) in [6.45, 7) is 0.749. The smallest absolute Gasteiger partial charge is 0.113 e. The van der Waals surface area contributed by atoms with Crippen LogP contribution in [0.25, 0.3) is 31.9 Å². The molecule has 2 aromatic heterocycles. The van der Waals surface area contributed by atoms with E-state index in [1.165, 1.54) is 26.4 Å². The number of aromatic nitrogens is 3. The van der Waals surface area contributed by atoms with Crippen LogP contribution in [0.4, 0.5) is 0 Å². The zero-order valence-electron chi connectivity index (χ0n) is 12.3. The third-order valence-electron chi connectivity index (χ3n) is 4.28. The Balaban J connectivity index is 1.67. The molecule has 0 radical (unpaired) electrons. The molecule has 0 N–H and O–H groups in total. The second-order valence-electron chi connectivity index (χ2n) is 5.66. The van der Waals surface area contributed by atoms with Gasteiger partial charge in [0, 0.05) is 4.70 Å². The maximum Gasteiger partial charge on any atom is 0.113 e. The van der Waals surface area contributed by atoms with Gasteiger partial charge in [0.25, 0.3) is 0 Å². The summed E-state index contributed by atoms with van der Waals surface area (Å²) in [5.41, 5.74) is 3.32. The van der Waals surface area contributed by atoms with Crippen LogP contribution in [0.2, 0.25) is 0 Å². The highest BCUT2D eigenvalue weighted by atomic mass is 32.1. The van der Waals surface area contributed by atoms with E-state index in [4.69, 9.17) is 0 Å². The molecule has 23 heavy (non-hydrogen) atoms.